The summed E-state index contributed by atoms with van der Waals surface area (Å²) in [5.74, 6) is 0.931. The summed E-state index contributed by atoms with van der Waals surface area (Å²) >= 11 is 6.21. The van der Waals surface area contributed by atoms with Crippen molar-refractivity contribution in [1.82, 2.24) is 0 Å². The van der Waals surface area contributed by atoms with Crippen molar-refractivity contribution in [2.24, 2.45) is 0 Å². The number of benzene rings is 2. The third-order valence-corrected chi connectivity index (χ3v) is 3.61. The first-order valence-electron chi connectivity index (χ1n) is 7.41. The van der Waals surface area contributed by atoms with E-state index in [1.165, 1.54) is 11.1 Å². The molecule has 0 saturated heterocycles. The maximum absolute atomic E-state index is 6.21. The first-order valence-corrected chi connectivity index (χ1v) is 7.78. The van der Waals surface area contributed by atoms with Crippen molar-refractivity contribution in [2.45, 2.75) is 33.2 Å². The first kappa shape index (κ1) is 15.7. The molecule has 112 valence electrons. The van der Waals surface area contributed by atoms with Crippen molar-refractivity contribution in [3.8, 4) is 5.75 Å². The SMILES string of the molecule is CCCCOc1ccc(CNc2ccc(C)cc2Cl)cc1. The number of halogens is 1. The van der Waals surface area contributed by atoms with E-state index in [0.717, 1.165) is 42.5 Å². The fourth-order valence-electron chi connectivity index (χ4n) is 2.00. The minimum absolute atomic E-state index is 0.748. The molecule has 0 aliphatic rings. The van der Waals surface area contributed by atoms with E-state index in [4.69, 9.17) is 16.3 Å². The van der Waals surface area contributed by atoms with Gasteiger partial charge in [0.25, 0.3) is 0 Å². The van der Waals surface area contributed by atoms with Crippen molar-refractivity contribution in [3.63, 3.8) is 0 Å². The summed E-state index contributed by atoms with van der Waals surface area (Å²) in [6.07, 6.45) is 2.24. The van der Waals surface area contributed by atoms with Gasteiger partial charge in [-0.15, -0.1) is 0 Å². The van der Waals surface area contributed by atoms with E-state index in [2.05, 4.69) is 30.4 Å². The molecule has 2 rings (SSSR count). The third kappa shape index (κ3) is 4.98. The van der Waals surface area contributed by atoms with E-state index in [1.54, 1.807) is 0 Å². The number of ether oxygens (including phenoxy) is 1. The lowest BCUT2D eigenvalue weighted by Gasteiger charge is -2.10. The second kappa shape index (κ2) is 7.94. The molecule has 0 radical (unpaired) electrons. The molecule has 0 aliphatic carbocycles. The van der Waals surface area contributed by atoms with E-state index in [9.17, 15) is 0 Å². The van der Waals surface area contributed by atoms with Gasteiger partial charge < -0.3 is 10.1 Å². The summed E-state index contributed by atoms with van der Waals surface area (Å²) in [6.45, 7) is 5.73. The van der Waals surface area contributed by atoms with Crippen LogP contribution in [-0.2, 0) is 6.54 Å². The van der Waals surface area contributed by atoms with Crippen LogP contribution >= 0.6 is 11.6 Å². The van der Waals surface area contributed by atoms with Crippen LogP contribution < -0.4 is 10.1 Å². The molecular formula is C18H22ClNO. The molecule has 1 N–H and O–H groups in total. The molecule has 2 aromatic rings. The van der Waals surface area contributed by atoms with Crippen LogP contribution in [0.15, 0.2) is 42.5 Å². The van der Waals surface area contributed by atoms with Gasteiger partial charge >= 0.3 is 0 Å². The van der Waals surface area contributed by atoms with Gasteiger partial charge in [0, 0.05) is 6.54 Å². The van der Waals surface area contributed by atoms with Gasteiger partial charge in [-0.05, 0) is 48.7 Å². The Labute approximate surface area is 132 Å². The highest BCUT2D eigenvalue weighted by atomic mass is 35.5. The Bertz CT molecular complexity index is 566. The Balaban J connectivity index is 1.88. The monoisotopic (exact) mass is 303 g/mol. The lowest BCUT2D eigenvalue weighted by molar-refractivity contribution is 0.309. The largest absolute Gasteiger partial charge is 0.494 e. The van der Waals surface area contributed by atoms with E-state index >= 15 is 0 Å². The minimum atomic E-state index is 0.748. The standard InChI is InChI=1S/C18H22ClNO/c1-3-4-11-21-16-8-6-15(7-9-16)13-20-18-10-5-14(2)12-17(18)19/h5-10,12,20H,3-4,11,13H2,1-2H3. The smallest absolute Gasteiger partial charge is 0.119 e. The molecular weight excluding hydrogens is 282 g/mol. The highest BCUT2D eigenvalue weighted by molar-refractivity contribution is 6.33. The average Bonchev–Trinajstić information content (AvgIpc) is 2.48. The topological polar surface area (TPSA) is 21.3 Å². The molecule has 2 aromatic carbocycles. The zero-order chi connectivity index (χ0) is 15.1. The summed E-state index contributed by atoms with van der Waals surface area (Å²) < 4.78 is 5.65. The fraction of sp³-hybridized carbons (Fsp3) is 0.333. The predicted molar refractivity (Wildman–Crippen MR) is 90.4 cm³/mol. The number of unbranched alkanes of at least 4 members (excludes halogenated alkanes) is 1. The van der Waals surface area contributed by atoms with Gasteiger partial charge in [-0.2, -0.15) is 0 Å². The molecule has 0 amide bonds. The number of nitrogens with one attached hydrogen (secondary N) is 1. The maximum atomic E-state index is 6.21. The Morgan fingerprint density at radius 3 is 2.52 bits per heavy atom. The molecule has 0 aromatic heterocycles. The lowest BCUT2D eigenvalue weighted by atomic mass is 10.2. The molecule has 0 spiro atoms. The van der Waals surface area contributed by atoms with Crippen LogP contribution in [0.3, 0.4) is 0 Å². The van der Waals surface area contributed by atoms with Crippen LogP contribution in [0, 0.1) is 6.92 Å². The Hall–Kier alpha value is -1.67. The summed E-state index contributed by atoms with van der Waals surface area (Å²) in [6, 6.07) is 14.2. The molecule has 3 heteroatoms. The molecule has 2 nitrogen and oxygen atoms in total. The lowest BCUT2D eigenvalue weighted by Crippen LogP contribution is -2.01. The van der Waals surface area contributed by atoms with Crippen LogP contribution in [0.25, 0.3) is 0 Å². The summed E-state index contributed by atoms with van der Waals surface area (Å²) in [4.78, 5) is 0. The number of aryl methyl sites for hydroxylation is 1. The molecule has 0 atom stereocenters. The van der Waals surface area contributed by atoms with E-state index in [0.29, 0.717) is 0 Å². The highest BCUT2D eigenvalue weighted by Crippen LogP contribution is 2.23. The van der Waals surface area contributed by atoms with Crippen molar-refractivity contribution in [3.05, 3.63) is 58.6 Å². The summed E-state index contributed by atoms with van der Waals surface area (Å²) in [7, 11) is 0. The van der Waals surface area contributed by atoms with Gasteiger partial charge in [0.15, 0.2) is 0 Å². The molecule has 0 saturated carbocycles. The minimum Gasteiger partial charge on any atom is -0.494 e. The van der Waals surface area contributed by atoms with E-state index < -0.39 is 0 Å². The molecule has 0 aliphatic heterocycles. The quantitative estimate of drug-likeness (QED) is 0.688. The second-order valence-corrected chi connectivity index (χ2v) is 5.59. The second-order valence-electron chi connectivity index (χ2n) is 5.18. The van der Waals surface area contributed by atoms with E-state index in [1.807, 2.05) is 31.2 Å². The van der Waals surface area contributed by atoms with Gasteiger partial charge in [-0.3, -0.25) is 0 Å². The van der Waals surface area contributed by atoms with Gasteiger partial charge in [-0.25, -0.2) is 0 Å². The third-order valence-electron chi connectivity index (χ3n) is 3.30. The fourth-order valence-corrected chi connectivity index (χ4v) is 2.30. The van der Waals surface area contributed by atoms with Crippen LogP contribution in [0.1, 0.15) is 30.9 Å². The Morgan fingerprint density at radius 2 is 1.86 bits per heavy atom. The van der Waals surface area contributed by atoms with Crippen LogP contribution in [0.2, 0.25) is 5.02 Å². The van der Waals surface area contributed by atoms with Crippen LogP contribution in [0.4, 0.5) is 5.69 Å². The van der Waals surface area contributed by atoms with Crippen molar-refractivity contribution in [1.29, 1.82) is 0 Å². The van der Waals surface area contributed by atoms with Crippen LogP contribution in [0.5, 0.6) is 5.75 Å². The normalized spacial score (nSPS) is 10.4. The van der Waals surface area contributed by atoms with Crippen LogP contribution in [-0.4, -0.2) is 6.61 Å². The van der Waals surface area contributed by atoms with Gasteiger partial charge in [-0.1, -0.05) is 43.1 Å². The highest BCUT2D eigenvalue weighted by Gasteiger charge is 2.01. The zero-order valence-corrected chi connectivity index (χ0v) is 13.4. The number of hydrogen-bond donors (Lipinski definition) is 1. The average molecular weight is 304 g/mol. The predicted octanol–water partition coefficient (Wildman–Crippen LogP) is 5.44. The molecule has 0 unspecified atom stereocenters. The van der Waals surface area contributed by atoms with Gasteiger partial charge in [0.1, 0.15) is 5.75 Å². The maximum Gasteiger partial charge on any atom is 0.119 e. The number of hydrogen-bond acceptors (Lipinski definition) is 2. The first-order chi connectivity index (χ1) is 10.2. The molecule has 0 heterocycles. The Kier molecular flexibility index (Phi) is 5.94. The molecule has 0 fully saturated rings. The van der Waals surface area contributed by atoms with Crippen molar-refractivity contribution < 1.29 is 4.74 Å². The van der Waals surface area contributed by atoms with Crippen molar-refractivity contribution in [2.75, 3.05) is 11.9 Å². The number of anilines is 1. The molecule has 21 heavy (non-hydrogen) atoms. The summed E-state index contributed by atoms with van der Waals surface area (Å²) in [5.41, 5.74) is 3.33. The number of rotatable bonds is 7. The molecule has 0 bridgehead atoms. The van der Waals surface area contributed by atoms with Gasteiger partial charge in [0.2, 0.25) is 0 Å². The summed E-state index contributed by atoms with van der Waals surface area (Å²) in [5, 5.41) is 4.11. The zero-order valence-electron chi connectivity index (χ0n) is 12.7. The van der Waals surface area contributed by atoms with Gasteiger partial charge in [0.05, 0.1) is 17.3 Å². The Morgan fingerprint density at radius 1 is 1.10 bits per heavy atom. The van der Waals surface area contributed by atoms with Crippen molar-refractivity contribution >= 4 is 17.3 Å². The van der Waals surface area contributed by atoms with E-state index in [-0.39, 0.29) is 0 Å².